The molecule has 0 spiro atoms. The molecule has 2 aromatic rings. The fourth-order valence-electron chi connectivity index (χ4n) is 3.22. The van der Waals surface area contributed by atoms with Crippen LogP contribution in [0.4, 0.5) is 4.39 Å². The van der Waals surface area contributed by atoms with Crippen LogP contribution in [0.25, 0.3) is 0 Å². The topological polar surface area (TPSA) is 55.1 Å². The summed E-state index contributed by atoms with van der Waals surface area (Å²) < 4.78 is 18.2. The zero-order valence-corrected chi connectivity index (χ0v) is 13.5. The maximum absolute atomic E-state index is 13.1. The summed E-state index contributed by atoms with van der Waals surface area (Å²) in [5.41, 5.74) is 2.66. The summed E-state index contributed by atoms with van der Waals surface area (Å²) in [6, 6.07) is 6.63. The first-order valence-electron chi connectivity index (χ1n) is 7.95. The second-order valence-corrected chi connectivity index (χ2v) is 6.40. The van der Waals surface area contributed by atoms with Crippen LogP contribution < -0.4 is 5.32 Å². The molecular weight excluding hydrogens is 295 g/mol. The molecule has 0 bridgehead atoms. The Morgan fingerprint density at radius 2 is 2.00 bits per heavy atom. The Labute approximate surface area is 135 Å². The number of hydrogen-bond acceptors (Lipinski definition) is 3. The fourth-order valence-corrected chi connectivity index (χ4v) is 3.22. The summed E-state index contributed by atoms with van der Waals surface area (Å²) >= 11 is 0. The number of nitrogens with one attached hydrogen (secondary N) is 1. The van der Waals surface area contributed by atoms with E-state index in [1.807, 2.05) is 26.0 Å². The SMILES string of the molecule is Cc1noc(C)c1CC(=O)NCC1(c2ccc(F)cc2)CCC1. The molecule has 1 aromatic heterocycles. The predicted molar refractivity (Wildman–Crippen MR) is 84.6 cm³/mol. The fraction of sp³-hybridized carbons (Fsp3) is 0.444. The molecule has 1 saturated carbocycles. The van der Waals surface area contributed by atoms with Gasteiger partial charge in [0.15, 0.2) is 0 Å². The van der Waals surface area contributed by atoms with Crippen molar-refractivity contribution >= 4 is 5.91 Å². The molecule has 0 atom stereocenters. The first-order chi connectivity index (χ1) is 11.0. The quantitative estimate of drug-likeness (QED) is 0.921. The molecule has 1 aliphatic carbocycles. The average Bonchev–Trinajstić information content (AvgIpc) is 2.80. The van der Waals surface area contributed by atoms with Crippen molar-refractivity contribution in [1.29, 1.82) is 0 Å². The van der Waals surface area contributed by atoms with Gasteiger partial charge in [-0.15, -0.1) is 0 Å². The van der Waals surface area contributed by atoms with Crippen LogP contribution in [0, 0.1) is 19.7 Å². The first kappa shape index (κ1) is 15.7. The number of benzene rings is 1. The number of nitrogens with zero attached hydrogens (tertiary/aromatic N) is 1. The summed E-state index contributed by atoms with van der Waals surface area (Å²) in [4.78, 5) is 12.2. The Bertz CT molecular complexity index is 683. The van der Waals surface area contributed by atoms with Crippen molar-refractivity contribution in [3.63, 3.8) is 0 Å². The van der Waals surface area contributed by atoms with Gasteiger partial charge in [-0.05, 0) is 44.4 Å². The maximum atomic E-state index is 13.1. The number of aromatic nitrogens is 1. The molecule has 1 aliphatic rings. The van der Waals surface area contributed by atoms with Gasteiger partial charge in [-0.1, -0.05) is 23.7 Å². The van der Waals surface area contributed by atoms with E-state index in [4.69, 9.17) is 4.52 Å². The predicted octanol–water partition coefficient (Wildman–Crippen LogP) is 3.21. The van der Waals surface area contributed by atoms with Crippen LogP contribution in [-0.2, 0) is 16.6 Å². The van der Waals surface area contributed by atoms with E-state index in [0.717, 1.165) is 36.1 Å². The number of rotatable bonds is 5. The second-order valence-electron chi connectivity index (χ2n) is 6.40. The van der Waals surface area contributed by atoms with Gasteiger partial charge in [0.25, 0.3) is 0 Å². The largest absolute Gasteiger partial charge is 0.361 e. The molecule has 1 N–H and O–H groups in total. The van der Waals surface area contributed by atoms with Gasteiger partial charge < -0.3 is 9.84 Å². The molecule has 122 valence electrons. The third-order valence-electron chi connectivity index (χ3n) is 4.91. The lowest BCUT2D eigenvalue weighted by Crippen LogP contribution is -2.46. The Morgan fingerprint density at radius 1 is 1.30 bits per heavy atom. The molecule has 1 fully saturated rings. The smallest absolute Gasteiger partial charge is 0.224 e. The van der Waals surface area contributed by atoms with Crippen molar-refractivity contribution in [2.24, 2.45) is 0 Å². The number of carbonyl (C=O) groups is 1. The number of carbonyl (C=O) groups excluding carboxylic acids is 1. The van der Waals surface area contributed by atoms with E-state index in [9.17, 15) is 9.18 Å². The van der Waals surface area contributed by atoms with Crippen molar-refractivity contribution in [2.75, 3.05) is 6.54 Å². The number of amides is 1. The monoisotopic (exact) mass is 316 g/mol. The van der Waals surface area contributed by atoms with E-state index < -0.39 is 0 Å². The van der Waals surface area contributed by atoms with Gasteiger partial charge in [0.2, 0.25) is 5.91 Å². The number of halogens is 1. The van der Waals surface area contributed by atoms with E-state index in [2.05, 4.69) is 10.5 Å². The molecule has 0 radical (unpaired) electrons. The second kappa shape index (κ2) is 6.14. The van der Waals surface area contributed by atoms with Crippen LogP contribution in [0.3, 0.4) is 0 Å². The van der Waals surface area contributed by atoms with Crippen LogP contribution in [0.15, 0.2) is 28.8 Å². The average molecular weight is 316 g/mol. The standard InChI is InChI=1S/C18H21FN2O2/c1-12-16(13(2)23-21-12)10-17(22)20-11-18(8-3-9-18)14-4-6-15(19)7-5-14/h4-7H,3,8-11H2,1-2H3,(H,20,22). The molecule has 1 aromatic carbocycles. The van der Waals surface area contributed by atoms with E-state index in [0.29, 0.717) is 12.3 Å². The Morgan fingerprint density at radius 3 is 2.52 bits per heavy atom. The summed E-state index contributed by atoms with van der Waals surface area (Å²) in [7, 11) is 0. The van der Waals surface area contributed by atoms with Crippen molar-refractivity contribution in [3.8, 4) is 0 Å². The van der Waals surface area contributed by atoms with Gasteiger partial charge in [0.05, 0.1) is 12.1 Å². The molecule has 1 heterocycles. The summed E-state index contributed by atoms with van der Waals surface area (Å²) in [6.45, 7) is 4.24. The summed E-state index contributed by atoms with van der Waals surface area (Å²) in [5, 5.41) is 6.90. The van der Waals surface area contributed by atoms with Gasteiger partial charge in [0, 0.05) is 17.5 Å². The lowest BCUT2D eigenvalue weighted by Gasteiger charge is -2.42. The van der Waals surface area contributed by atoms with Crippen molar-refractivity contribution < 1.29 is 13.7 Å². The third kappa shape index (κ3) is 3.14. The van der Waals surface area contributed by atoms with Gasteiger partial charge in [-0.3, -0.25) is 4.79 Å². The van der Waals surface area contributed by atoms with Crippen LogP contribution in [0.5, 0.6) is 0 Å². The Balaban J connectivity index is 1.64. The van der Waals surface area contributed by atoms with E-state index in [1.165, 1.54) is 12.1 Å². The highest BCUT2D eigenvalue weighted by Gasteiger charge is 2.38. The number of aryl methyl sites for hydroxylation is 2. The maximum Gasteiger partial charge on any atom is 0.224 e. The highest BCUT2D eigenvalue weighted by Crippen LogP contribution is 2.43. The molecule has 3 rings (SSSR count). The molecular formula is C18H21FN2O2. The molecule has 0 saturated heterocycles. The van der Waals surface area contributed by atoms with Gasteiger partial charge >= 0.3 is 0 Å². The van der Waals surface area contributed by atoms with E-state index in [-0.39, 0.29) is 23.6 Å². The zero-order chi connectivity index (χ0) is 16.4. The minimum Gasteiger partial charge on any atom is -0.361 e. The van der Waals surface area contributed by atoms with Crippen LogP contribution in [-0.4, -0.2) is 17.6 Å². The lowest BCUT2D eigenvalue weighted by molar-refractivity contribution is -0.120. The van der Waals surface area contributed by atoms with Gasteiger partial charge in [-0.25, -0.2) is 4.39 Å². The first-order valence-corrected chi connectivity index (χ1v) is 7.95. The minimum atomic E-state index is -0.231. The van der Waals surface area contributed by atoms with E-state index in [1.54, 1.807) is 0 Å². The summed E-state index contributed by atoms with van der Waals surface area (Å²) in [5.74, 6) is 0.424. The van der Waals surface area contributed by atoms with Gasteiger partial charge in [0.1, 0.15) is 11.6 Å². The Hall–Kier alpha value is -2.17. The van der Waals surface area contributed by atoms with Crippen LogP contribution in [0.2, 0.25) is 0 Å². The Kier molecular flexibility index (Phi) is 4.20. The zero-order valence-electron chi connectivity index (χ0n) is 13.5. The highest BCUT2D eigenvalue weighted by atomic mass is 19.1. The highest BCUT2D eigenvalue weighted by molar-refractivity contribution is 5.79. The summed E-state index contributed by atoms with van der Waals surface area (Å²) in [6.07, 6.45) is 3.45. The minimum absolute atomic E-state index is 0.0345. The molecule has 0 aliphatic heterocycles. The van der Waals surface area contributed by atoms with Crippen LogP contribution >= 0.6 is 0 Å². The molecule has 0 unspecified atom stereocenters. The van der Waals surface area contributed by atoms with Gasteiger partial charge in [-0.2, -0.15) is 0 Å². The van der Waals surface area contributed by atoms with Crippen molar-refractivity contribution in [1.82, 2.24) is 10.5 Å². The van der Waals surface area contributed by atoms with Crippen molar-refractivity contribution in [2.45, 2.75) is 44.9 Å². The normalized spacial score (nSPS) is 16.0. The van der Waals surface area contributed by atoms with Crippen LogP contribution in [0.1, 0.15) is 41.8 Å². The lowest BCUT2D eigenvalue weighted by atomic mass is 9.64. The molecule has 5 heteroatoms. The molecule has 4 nitrogen and oxygen atoms in total. The number of hydrogen-bond donors (Lipinski definition) is 1. The molecule has 23 heavy (non-hydrogen) atoms. The van der Waals surface area contributed by atoms with E-state index >= 15 is 0 Å². The molecule has 1 amide bonds. The third-order valence-corrected chi connectivity index (χ3v) is 4.91. The van der Waals surface area contributed by atoms with Crippen molar-refractivity contribution in [3.05, 3.63) is 52.7 Å².